The Labute approximate surface area is 208 Å². The number of aryl methyl sites for hydroxylation is 1. The maximum atomic E-state index is 14.1. The molecule has 2 aromatic heterocycles. The van der Waals surface area contributed by atoms with Gasteiger partial charge in [-0.25, -0.2) is 18.7 Å². The molecule has 0 aliphatic carbocycles. The number of anilines is 2. The topological polar surface area (TPSA) is 95.3 Å². The van der Waals surface area contributed by atoms with Crippen molar-refractivity contribution in [3.63, 3.8) is 0 Å². The molecule has 0 bridgehead atoms. The molecule has 0 spiro atoms. The number of hydrogen-bond acceptors (Lipinski definition) is 6. The number of nitrogens with one attached hydrogen (secondary N) is 3. The van der Waals surface area contributed by atoms with E-state index in [0.717, 1.165) is 35.9 Å². The van der Waals surface area contributed by atoms with Gasteiger partial charge in [-0.2, -0.15) is 5.10 Å². The molecule has 1 unspecified atom stereocenters. The van der Waals surface area contributed by atoms with Crippen molar-refractivity contribution >= 4 is 52.5 Å². The van der Waals surface area contributed by atoms with Crippen LogP contribution in [0.15, 0.2) is 35.7 Å². The Morgan fingerprint density at radius 3 is 2.91 bits per heavy atom. The van der Waals surface area contributed by atoms with Crippen LogP contribution in [0, 0.1) is 11.6 Å². The molecule has 0 saturated carbocycles. The monoisotopic (exact) mass is 571 g/mol. The molecule has 1 saturated heterocycles. The fourth-order valence-corrected chi connectivity index (χ4v) is 3.79. The Morgan fingerprint density at radius 1 is 1.27 bits per heavy atom. The molecule has 0 amide bonds. The second kappa shape index (κ2) is 11.4. The first-order chi connectivity index (χ1) is 15.5. The van der Waals surface area contributed by atoms with Gasteiger partial charge >= 0.3 is 0 Å². The summed E-state index contributed by atoms with van der Waals surface area (Å²) >= 11 is 0. The molecule has 178 valence electrons. The van der Waals surface area contributed by atoms with Gasteiger partial charge in [0.1, 0.15) is 23.8 Å². The molecule has 1 aliphatic rings. The van der Waals surface area contributed by atoms with Crippen LogP contribution in [0.3, 0.4) is 0 Å². The first kappa shape index (κ1) is 24.9. The highest BCUT2D eigenvalue weighted by atomic mass is 127. The smallest absolute Gasteiger partial charge is 0.191 e. The molecule has 3 aromatic rings. The fraction of sp³-hybridized carbons (Fsp3) is 0.429. The Morgan fingerprint density at radius 2 is 2.12 bits per heavy atom. The van der Waals surface area contributed by atoms with Crippen LogP contribution in [0.1, 0.15) is 13.3 Å². The highest BCUT2D eigenvalue weighted by Gasteiger charge is 2.25. The summed E-state index contributed by atoms with van der Waals surface area (Å²) in [6.07, 6.45) is 4.08. The van der Waals surface area contributed by atoms with Gasteiger partial charge in [0.25, 0.3) is 0 Å². The third-order valence-electron chi connectivity index (χ3n) is 5.33. The van der Waals surface area contributed by atoms with Crippen molar-refractivity contribution in [2.45, 2.75) is 19.4 Å². The summed E-state index contributed by atoms with van der Waals surface area (Å²) in [6, 6.07) is 3.81. The van der Waals surface area contributed by atoms with Gasteiger partial charge in [0.2, 0.25) is 0 Å². The number of guanidine groups is 1. The predicted molar refractivity (Wildman–Crippen MR) is 136 cm³/mol. The number of aliphatic imine (C=N–C) groups is 1. The van der Waals surface area contributed by atoms with E-state index in [0.29, 0.717) is 37.8 Å². The second-order valence-electron chi connectivity index (χ2n) is 7.59. The molecule has 1 fully saturated rings. The molecule has 1 aromatic carbocycles. The van der Waals surface area contributed by atoms with Gasteiger partial charge in [-0.3, -0.25) is 9.67 Å². The molecule has 0 radical (unpaired) electrons. The zero-order valence-corrected chi connectivity index (χ0v) is 20.9. The van der Waals surface area contributed by atoms with E-state index in [1.165, 1.54) is 18.5 Å². The van der Waals surface area contributed by atoms with Crippen LogP contribution in [0.2, 0.25) is 0 Å². The first-order valence-corrected chi connectivity index (χ1v) is 10.7. The maximum Gasteiger partial charge on any atom is 0.191 e. The van der Waals surface area contributed by atoms with Gasteiger partial charge in [0, 0.05) is 45.3 Å². The molecule has 3 heterocycles. The van der Waals surface area contributed by atoms with Gasteiger partial charge in [0.15, 0.2) is 11.6 Å². The van der Waals surface area contributed by atoms with Crippen LogP contribution in [0.4, 0.5) is 20.3 Å². The standard InChI is InChI=1S/C21H27F2N9.HI/c1-3-24-21(26-8-7-25-19-16-11-29-31(2)20(16)28-13-27-19)30-15-6-9-32(12-15)18-5-4-14(22)10-17(18)23;/h4-5,10-11,13,15H,3,6-9,12H2,1-2H3,(H2,24,26,30)(H,25,27,28);1H. The number of rotatable bonds is 7. The molecular formula is C21H28F2IN9. The van der Waals surface area contributed by atoms with Crippen LogP contribution in [0.25, 0.3) is 11.0 Å². The van der Waals surface area contributed by atoms with E-state index in [-0.39, 0.29) is 30.0 Å². The van der Waals surface area contributed by atoms with E-state index < -0.39 is 11.6 Å². The van der Waals surface area contributed by atoms with Gasteiger partial charge in [-0.15, -0.1) is 24.0 Å². The highest BCUT2D eigenvalue weighted by molar-refractivity contribution is 14.0. The number of nitrogens with zero attached hydrogens (tertiary/aromatic N) is 6. The maximum absolute atomic E-state index is 14.1. The largest absolute Gasteiger partial charge is 0.367 e. The van der Waals surface area contributed by atoms with Crippen LogP contribution in [-0.2, 0) is 7.05 Å². The van der Waals surface area contributed by atoms with Crippen molar-refractivity contribution in [1.82, 2.24) is 30.4 Å². The molecule has 1 atom stereocenters. The number of aromatic nitrogens is 4. The second-order valence-corrected chi connectivity index (χ2v) is 7.59. The Kier molecular flexibility index (Phi) is 8.58. The van der Waals surface area contributed by atoms with Crippen molar-refractivity contribution in [1.29, 1.82) is 0 Å². The lowest BCUT2D eigenvalue weighted by molar-refractivity contribution is 0.580. The third kappa shape index (κ3) is 5.97. The van der Waals surface area contributed by atoms with Crippen LogP contribution in [0.5, 0.6) is 0 Å². The van der Waals surface area contributed by atoms with E-state index in [9.17, 15) is 8.78 Å². The van der Waals surface area contributed by atoms with Crippen molar-refractivity contribution < 1.29 is 8.78 Å². The Balaban J connectivity index is 0.00000306. The lowest BCUT2D eigenvalue weighted by atomic mass is 10.2. The lowest BCUT2D eigenvalue weighted by Gasteiger charge is -2.21. The number of benzene rings is 1. The third-order valence-corrected chi connectivity index (χ3v) is 5.33. The molecule has 9 nitrogen and oxygen atoms in total. The van der Waals surface area contributed by atoms with Gasteiger partial charge < -0.3 is 20.9 Å². The molecule has 33 heavy (non-hydrogen) atoms. The van der Waals surface area contributed by atoms with E-state index in [4.69, 9.17) is 0 Å². The zero-order chi connectivity index (χ0) is 22.5. The molecule has 12 heteroatoms. The molecule has 1 aliphatic heterocycles. The van der Waals surface area contributed by atoms with Gasteiger partial charge in [0.05, 0.1) is 23.8 Å². The summed E-state index contributed by atoms with van der Waals surface area (Å²) in [6.45, 7) is 5.16. The van der Waals surface area contributed by atoms with Gasteiger partial charge in [-0.1, -0.05) is 0 Å². The van der Waals surface area contributed by atoms with Crippen LogP contribution < -0.4 is 20.9 Å². The summed E-state index contributed by atoms with van der Waals surface area (Å²) < 4.78 is 29.0. The number of halogens is 3. The average molecular weight is 571 g/mol. The zero-order valence-electron chi connectivity index (χ0n) is 18.6. The van der Waals surface area contributed by atoms with Crippen LogP contribution in [-0.4, -0.2) is 64.5 Å². The summed E-state index contributed by atoms with van der Waals surface area (Å²) in [7, 11) is 1.84. The Hall–Kier alpha value is -2.77. The van der Waals surface area contributed by atoms with E-state index >= 15 is 0 Å². The molecule has 3 N–H and O–H groups in total. The number of fused-ring (bicyclic) bond motifs is 1. The summed E-state index contributed by atoms with van der Waals surface area (Å²) in [4.78, 5) is 15.1. The van der Waals surface area contributed by atoms with E-state index in [2.05, 4.69) is 36.0 Å². The quantitative estimate of drug-likeness (QED) is 0.174. The minimum Gasteiger partial charge on any atom is -0.367 e. The molecule has 4 rings (SSSR count). The minimum absolute atomic E-state index is 0. The highest BCUT2D eigenvalue weighted by Crippen LogP contribution is 2.24. The van der Waals surface area contributed by atoms with Crippen molar-refractivity contribution in [2.75, 3.05) is 42.9 Å². The van der Waals surface area contributed by atoms with E-state index in [1.54, 1.807) is 10.9 Å². The summed E-state index contributed by atoms with van der Waals surface area (Å²) in [5.74, 6) is 0.324. The van der Waals surface area contributed by atoms with Crippen molar-refractivity contribution in [2.24, 2.45) is 12.0 Å². The number of hydrogen-bond donors (Lipinski definition) is 3. The fourth-order valence-electron chi connectivity index (χ4n) is 3.79. The summed E-state index contributed by atoms with van der Waals surface area (Å²) in [5.41, 5.74) is 1.19. The van der Waals surface area contributed by atoms with E-state index in [1.807, 2.05) is 18.9 Å². The van der Waals surface area contributed by atoms with Crippen molar-refractivity contribution in [3.8, 4) is 0 Å². The Bertz CT molecular complexity index is 1100. The average Bonchev–Trinajstić information content (AvgIpc) is 3.38. The van der Waals surface area contributed by atoms with Crippen LogP contribution >= 0.6 is 24.0 Å². The van der Waals surface area contributed by atoms with Gasteiger partial charge in [-0.05, 0) is 25.5 Å². The normalized spacial score (nSPS) is 16.1. The predicted octanol–water partition coefficient (Wildman–Crippen LogP) is 2.51. The SMILES string of the molecule is CCNC(=NCCNc1ncnc2c1cnn2C)NC1CCN(c2ccc(F)cc2F)C1.I. The lowest BCUT2D eigenvalue weighted by Crippen LogP contribution is -2.44. The first-order valence-electron chi connectivity index (χ1n) is 10.7. The van der Waals surface area contributed by atoms with Crippen molar-refractivity contribution in [3.05, 3.63) is 42.4 Å². The summed E-state index contributed by atoms with van der Waals surface area (Å²) in [5, 5.41) is 15.0. The minimum atomic E-state index is -0.568. The molecular weight excluding hydrogens is 543 g/mol.